The lowest BCUT2D eigenvalue weighted by molar-refractivity contribution is 0.660. The van der Waals surface area contributed by atoms with Crippen LogP contribution in [0.1, 0.15) is 49.9 Å². The molecule has 0 spiro atoms. The lowest BCUT2D eigenvalue weighted by Crippen LogP contribution is -2.17. The SMILES string of the molecule is CC1(C)c2ccccc2-c2c(N(c3ccc(-c4cccc5c(-n6c7ccccc7c7ccccc76)cccc45)cc3)c3cccc4c3-c3ccccc3C4(C)C)cccc21. The summed E-state index contributed by atoms with van der Waals surface area (Å²) in [6, 6.07) is 72.2. The van der Waals surface area contributed by atoms with Crippen molar-refractivity contribution in [2.75, 3.05) is 4.90 Å². The van der Waals surface area contributed by atoms with E-state index < -0.39 is 0 Å². The van der Waals surface area contributed by atoms with Crippen molar-refractivity contribution in [2.45, 2.75) is 38.5 Å². The first-order chi connectivity index (χ1) is 29.3. The van der Waals surface area contributed by atoms with E-state index in [1.54, 1.807) is 0 Å². The molecule has 0 amide bonds. The van der Waals surface area contributed by atoms with Gasteiger partial charge in [-0.2, -0.15) is 0 Å². The molecule has 2 aliphatic rings. The number of fused-ring (bicyclic) bond motifs is 10. The molecule has 0 fully saturated rings. The van der Waals surface area contributed by atoms with Crippen LogP contribution in [0.5, 0.6) is 0 Å². The molecule has 0 radical (unpaired) electrons. The molecular weight excluding hydrogens is 725 g/mol. The average molecular weight is 769 g/mol. The molecule has 0 saturated heterocycles. The second kappa shape index (κ2) is 12.7. The largest absolute Gasteiger partial charge is 0.309 e. The van der Waals surface area contributed by atoms with Gasteiger partial charge in [0.25, 0.3) is 0 Å². The molecule has 10 aromatic rings. The van der Waals surface area contributed by atoms with Crippen LogP contribution in [0, 0.1) is 0 Å². The highest BCUT2D eigenvalue weighted by molar-refractivity contribution is 6.11. The minimum atomic E-state index is -0.114. The number of para-hydroxylation sites is 2. The molecule has 0 aliphatic heterocycles. The zero-order valence-electron chi connectivity index (χ0n) is 34.4. The van der Waals surface area contributed by atoms with Gasteiger partial charge in [0.2, 0.25) is 0 Å². The van der Waals surface area contributed by atoms with Crippen LogP contribution in [0.25, 0.3) is 71.6 Å². The number of aromatic nitrogens is 1. The van der Waals surface area contributed by atoms with Crippen LogP contribution >= 0.6 is 0 Å². The van der Waals surface area contributed by atoms with Crippen molar-refractivity contribution in [1.82, 2.24) is 4.57 Å². The summed E-state index contributed by atoms with van der Waals surface area (Å²) in [7, 11) is 0. The maximum Gasteiger partial charge on any atom is 0.0543 e. The van der Waals surface area contributed by atoms with Gasteiger partial charge in [0.1, 0.15) is 0 Å². The molecule has 2 aliphatic carbocycles. The van der Waals surface area contributed by atoms with E-state index in [1.807, 2.05) is 0 Å². The van der Waals surface area contributed by atoms with Crippen LogP contribution in [0.3, 0.4) is 0 Å². The molecule has 0 saturated carbocycles. The highest BCUT2D eigenvalue weighted by Gasteiger charge is 2.40. The lowest BCUT2D eigenvalue weighted by atomic mass is 9.82. The fourth-order valence-corrected chi connectivity index (χ4v) is 11.0. The third-order valence-corrected chi connectivity index (χ3v) is 13.8. The molecule has 0 bridgehead atoms. The minimum Gasteiger partial charge on any atom is -0.309 e. The van der Waals surface area contributed by atoms with Crippen LogP contribution < -0.4 is 4.90 Å². The van der Waals surface area contributed by atoms with E-state index in [9.17, 15) is 0 Å². The number of hydrogen-bond donors (Lipinski definition) is 0. The third kappa shape index (κ3) is 4.76. The number of hydrogen-bond acceptors (Lipinski definition) is 1. The van der Waals surface area contributed by atoms with Crippen molar-refractivity contribution in [3.63, 3.8) is 0 Å². The predicted octanol–water partition coefficient (Wildman–Crippen LogP) is 15.7. The second-order valence-corrected chi connectivity index (χ2v) is 17.7. The summed E-state index contributed by atoms with van der Waals surface area (Å²) >= 11 is 0. The summed E-state index contributed by atoms with van der Waals surface area (Å²) in [5.74, 6) is 0. The minimum absolute atomic E-state index is 0.114. The van der Waals surface area contributed by atoms with E-state index in [2.05, 4.69) is 231 Å². The van der Waals surface area contributed by atoms with E-state index >= 15 is 0 Å². The molecule has 2 nitrogen and oxygen atoms in total. The van der Waals surface area contributed by atoms with Crippen LogP contribution in [0.15, 0.2) is 194 Å². The Morgan fingerprint density at radius 2 is 0.783 bits per heavy atom. The summed E-state index contributed by atoms with van der Waals surface area (Å²) in [5.41, 5.74) is 20.1. The quantitative estimate of drug-likeness (QED) is 0.169. The van der Waals surface area contributed by atoms with Crippen LogP contribution in [-0.4, -0.2) is 4.57 Å². The fraction of sp³-hybridized carbons (Fsp3) is 0.103. The van der Waals surface area contributed by atoms with E-state index in [0.29, 0.717) is 0 Å². The third-order valence-electron chi connectivity index (χ3n) is 13.8. The maximum absolute atomic E-state index is 2.54. The first-order valence-electron chi connectivity index (χ1n) is 21.2. The van der Waals surface area contributed by atoms with Crippen LogP contribution in [0.2, 0.25) is 0 Å². The molecule has 2 heteroatoms. The Balaban J connectivity index is 1.05. The molecule has 9 aromatic carbocycles. The maximum atomic E-state index is 2.54. The van der Waals surface area contributed by atoms with Gasteiger partial charge in [-0.3, -0.25) is 0 Å². The number of benzene rings is 9. The molecule has 1 heterocycles. The Bertz CT molecular complexity index is 3220. The summed E-state index contributed by atoms with van der Waals surface area (Å²) < 4.78 is 2.44. The van der Waals surface area contributed by atoms with E-state index in [-0.39, 0.29) is 10.8 Å². The number of anilines is 3. The first kappa shape index (κ1) is 34.8. The normalized spacial score (nSPS) is 14.3. The van der Waals surface area contributed by atoms with Gasteiger partial charge in [-0.15, -0.1) is 0 Å². The molecule has 0 atom stereocenters. The van der Waals surface area contributed by atoms with Crippen molar-refractivity contribution in [3.8, 4) is 39.1 Å². The van der Waals surface area contributed by atoms with E-state index in [0.717, 1.165) is 5.69 Å². The van der Waals surface area contributed by atoms with Gasteiger partial charge in [0.15, 0.2) is 0 Å². The van der Waals surface area contributed by atoms with Crippen molar-refractivity contribution in [3.05, 3.63) is 216 Å². The molecule has 286 valence electrons. The van der Waals surface area contributed by atoms with Crippen LogP contribution in [0.4, 0.5) is 17.1 Å². The summed E-state index contributed by atoms with van der Waals surface area (Å²) in [6.45, 7) is 9.49. The van der Waals surface area contributed by atoms with Gasteiger partial charge >= 0.3 is 0 Å². The Hall–Kier alpha value is -7.16. The summed E-state index contributed by atoms with van der Waals surface area (Å²) in [6.07, 6.45) is 0. The Kier molecular flexibility index (Phi) is 7.36. The summed E-state index contributed by atoms with van der Waals surface area (Å²) in [5, 5.41) is 5.01. The Morgan fingerprint density at radius 3 is 1.37 bits per heavy atom. The zero-order chi connectivity index (χ0) is 40.3. The fourth-order valence-electron chi connectivity index (χ4n) is 11.0. The Morgan fingerprint density at radius 1 is 0.350 bits per heavy atom. The van der Waals surface area contributed by atoms with Gasteiger partial charge < -0.3 is 9.47 Å². The van der Waals surface area contributed by atoms with Gasteiger partial charge in [-0.25, -0.2) is 0 Å². The van der Waals surface area contributed by atoms with E-state index in [4.69, 9.17) is 0 Å². The van der Waals surface area contributed by atoms with E-state index in [1.165, 1.54) is 105 Å². The number of nitrogens with zero attached hydrogens (tertiary/aromatic N) is 2. The van der Waals surface area contributed by atoms with Gasteiger partial charge in [0.05, 0.1) is 28.1 Å². The van der Waals surface area contributed by atoms with Crippen molar-refractivity contribution >= 4 is 49.6 Å². The Labute approximate surface area is 351 Å². The molecule has 0 N–H and O–H groups in total. The highest BCUT2D eigenvalue weighted by Crippen LogP contribution is 2.58. The summed E-state index contributed by atoms with van der Waals surface area (Å²) in [4.78, 5) is 2.54. The monoisotopic (exact) mass is 768 g/mol. The van der Waals surface area contributed by atoms with Crippen molar-refractivity contribution in [2.24, 2.45) is 0 Å². The predicted molar refractivity (Wildman–Crippen MR) is 254 cm³/mol. The zero-order valence-corrected chi connectivity index (χ0v) is 34.4. The molecule has 12 rings (SSSR count). The van der Waals surface area contributed by atoms with Crippen molar-refractivity contribution < 1.29 is 0 Å². The van der Waals surface area contributed by atoms with Gasteiger partial charge in [-0.1, -0.05) is 179 Å². The first-order valence-corrected chi connectivity index (χ1v) is 21.2. The topological polar surface area (TPSA) is 8.17 Å². The molecule has 60 heavy (non-hydrogen) atoms. The molecular formula is C58H44N2. The van der Waals surface area contributed by atoms with Gasteiger partial charge in [-0.05, 0) is 92.4 Å². The van der Waals surface area contributed by atoms with Crippen molar-refractivity contribution in [1.29, 1.82) is 0 Å². The van der Waals surface area contributed by atoms with Gasteiger partial charge in [0, 0.05) is 43.8 Å². The molecule has 1 aromatic heterocycles. The standard InChI is InChI=1S/C58H44N2/c1-57(2)46-24-9-5-19-44(46)55-48(57)26-15-31-53(55)59(54-32-16-27-49-56(54)45-20-6-10-25-47(45)58(49,3)4)38-35-33-37(34-36-38)39-21-13-23-41-40(39)22-14-30-52(41)60-50-28-11-7-17-42(50)43-18-8-12-29-51(43)60/h5-36H,1-4H3. The smallest absolute Gasteiger partial charge is 0.0543 e. The number of rotatable bonds is 5. The highest BCUT2D eigenvalue weighted by atomic mass is 15.1. The lowest BCUT2D eigenvalue weighted by Gasteiger charge is -2.31. The van der Waals surface area contributed by atoms with Crippen LogP contribution in [-0.2, 0) is 10.8 Å². The average Bonchev–Trinajstić information content (AvgIpc) is 3.84. The second-order valence-electron chi connectivity index (χ2n) is 17.7. The molecule has 0 unspecified atom stereocenters.